The molecule has 13 heteroatoms. The van der Waals surface area contributed by atoms with Gasteiger partial charge in [-0.25, -0.2) is 32.2 Å². The van der Waals surface area contributed by atoms with Gasteiger partial charge in [-0.15, -0.1) is 0 Å². The Morgan fingerprint density at radius 2 is 1.75 bits per heavy atom. The highest BCUT2D eigenvalue weighted by molar-refractivity contribution is 7.92. The van der Waals surface area contributed by atoms with Crippen molar-refractivity contribution in [3.8, 4) is 17.0 Å². The Labute approximate surface area is 235 Å². The largest absolute Gasteiger partial charge is 0.480 e. The fourth-order valence-electron chi connectivity index (χ4n) is 4.82. The lowest BCUT2D eigenvalue weighted by atomic mass is 9.91. The zero-order valence-corrected chi connectivity index (χ0v) is 23.3. The number of benzene rings is 2. The molecule has 0 radical (unpaired) electrons. The standard InChI is InChI=1S/C27H27ClF2N6O3S/c1-31-18-4-6-19(7-5-18)34-27-33-13-16-11-15(3-9-21(16)35-27)24-20(29)8-10-22(25(24)30)36-40(37,38)23-12-17(28)14-32-26(23)39-2/h3,8-14,18-19,31,36H,4-7H2,1-2H3,(H,33,34,35)/t18-,19-. The van der Waals surface area contributed by atoms with E-state index in [4.69, 9.17) is 16.3 Å². The van der Waals surface area contributed by atoms with Crippen molar-refractivity contribution in [2.24, 2.45) is 0 Å². The number of anilines is 2. The summed E-state index contributed by atoms with van der Waals surface area (Å²) in [6, 6.07) is 8.65. The highest BCUT2D eigenvalue weighted by Crippen LogP contribution is 2.34. The summed E-state index contributed by atoms with van der Waals surface area (Å²) in [5, 5.41) is 7.30. The summed E-state index contributed by atoms with van der Waals surface area (Å²) in [5.41, 5.74) is -0.0623. The van der Waals surface area contributed by atoms with Gasteiger partial charge >= 0.3 is 0 Å². The Kier molecular flexibility index (Phi) is 8.02. The molecule has 0 spiro atoms. The van der Waals surface area contributed by atoms with Gasteiger partial charge in [0.05, 0.1) is 28.9 Å². The van der Waals surface area contributed by atoms with Crippen LogP contribution in [-0.2, 0) is 10.0 Å². The lowest BCUT2D eigenvalue weighted by Crippen LogP contribution is -2.35. The lowest BCUT2D eigenvalue weighted by Gasteiger charge is -2.28. The summed E-state index contributed by atoms with van der Waals surface area (Å²) in [5.74, 6) is -1.69. The fourth-order valence-corrected chi connectivity index (χ4v) is 6.24. The van der Waals surface area contributed by atoms with E-state index in [0.29, 0.717) is 22.9 Å². The van der Waals surface area contributed by atoms with Crippen LogP contribution < -0.4 is 20.1 Å². The summed E-state index contributed by atoms with van der Waals surface area (Å²) >= 11 is 5.91. The van der Waals surface area contributed by atoms with Crippen LogP contribution in [0.5, 0.6) is 5.88 Å². The maximum absolute atomic E-state index is 15.6. The van der Waals surface area contributed by atoms with Crippen LogP contribution in [0.25, 0.3) is 22.0 Å². The van der Waals surface area contributed by atoms with Gasteiger partial charge in [0.15, 0.2) is 10.7 Å². The summed E-state index contributed by atoms with van der Waals surface area (Å²) in [4.78, 5) is 12.4. The first kappa shape index (κ1) is 27.9. The van der Waals surface area contributed by atoms with Gasteiger partial charge in [0.2, 0.25) is 11.8 Å². The highest BCUT2D eigenvalue weighted by Gasteiger charge is 2.25. The van der Waals surface area contributed by atoms with Crippen molar-refractivity contribution in [3.05, 3.63) is 65.4 Å². The van der Waals surface area contributed by atoms with Crippen LogP contribution in [0.3, 0.4) is 0 Å². The molecule has 1 fully saturated rings. The quantitative estimate of drug-likeness (QED) is 0.251. The Hall–Kier alpha value is -3.61. The predicted octanol–water partition coefficient (Wildman–Crippen LogP) is 5.38. The third-order valence-corrected chi connectivity index (χ3v) is 8.51. The first-order chi connectivity index (χ1) is 19.2. The minimum Gasteiger partial charge on any atom is -0.480 e. The molecule has 9 nitrogen and oxygen atoms in total. The van der Waals surface area contributed by atoms with E-state index in [1.807, 2.05) is 7.05 Å². The third-order valence-electron chi connectivity index (χ3n) is 6.94. The maximum Gasteiger partial charge on any atom is 0.267 e. The van der Waals surface area contributed by atoms with E-state index < -0.39 is 37.8 Å². The summed E-state index contributed by atoms with van der Waals surface area (Å²) < 4.78 is 63.7. The zero-order valence-electron chi connectivity index (χ0n) is 21.7. The van der Waals surface area contributed by atoms with Gasteiger partial charge in [-0.3, -0.25) is 4.72 Å². The number of ether oxygens (including phenoxy) is 1. The highest BCUT2D eigenvalue weighted by atomic mass is 35.5. The average Bonchev–Trinajstić information content (AvgIpc) is 2.95. The molecule has 0 atom stereocenters. The molecular weight excluding hydrogens is 562 g/mol. The molecular formula is C27H27ClF2N6O3S. The number of halogens is 3. The number of nitrogens with zero attached hydrogens (tertiary/aromatic N) is 3. The van der Waals surface area contributed by atoms with Gasteiger partial charge in [0.1, 0.15) is 5.82 Å². The van der Waals surface area contributed by atoms with Gasteiger partial charge in [0.25, 0.3) is 10.0 Å². The first-order valence-electron chi connectivity index (χ1n) is 12.6. The van der Waals surface area contributed by atoms with Crippen LogP contribution >= 0.6 is 11.6 Å². The summed E-state index contributed by atoms with van der Waals surface area (Å²) in [6.07, 6.45) is 6.96. The van der Waals surface area contributed by atoms with Crippen LogP contribution in [-0.4, -0.2) is 49.6 Å². The van der Waals surface area contributed by atoms with E-state index in [9.17, 15) is 12.8 Å². The number of aromatic nitrogens is 3. The van der Waals surface area contributed by atoms with Gasteiger partial charge in [-0.2, -0.15) is 0 Å². The number of methoxy groups -OCH3 is 1. The van der Waals surface area contributed by atoms with Crippen LogP contribution in [0.1, 0.15) is 25.7 Å². The van der Waals surface area contributed by atoms with Crippen molar-refractivity contribution in [3.63, 3.8) is 0 Å². The second-order valence-corrected chi connectivity index (χ2v) is 11.6. The molecule has 2 heterocycles. The van der Waals surface area contributed by atoms with Gasteiger partial charge in [-0.1, -0.05) is 17.7 Å². The van der Waals surface area contributed by atoms with Crippen molar-refractivity contribution in [2.75, 3.05) is 24.2 Å². The molecule has 1 aliphatic rings. The van der Waals surface area contributed by atoms with Crippen molar-refractivity contribution < 1.29 is 21.9 Å². The van der Waals surface area contributed by atoms with Crippen molar-refractivity contribution in [2.45, 2.75) is 42.7 Å². The molecule has 40 heavy (non-hydrogen) atoms. The smallest absolute Gasteiger partial charge is 0.267 e. The molecule has 1 aliphatic carbocycles. The number of fused-ring (bicyclic) bond motifs is 1. The van der Waals surface area contributed by atoms with Crippen molar-refractivity contribution in [1.82, 2.24) is 20.3 Å². The minimum absolute atomic E-state index is 0.0411. The number of sulfonamides is 1. The number of pyridine rings is 1. The summed E-state index contributed by atoms with van der Waals surface area (Å²) in [7, 11) is -1.17. The third kappa shape index (κ3) is 5.79. The fraction of sp³-hybridized carbons (Fsp3) is 0.296. The van der Waals surface area contributed by atoms with Crippen LogP contribution in [0, 0.1) is 11.6 Å². The van der Waals surface area contributed by atoms with Crippen LogP contribution in [0.2, 0.25) is 5.02 Å². The second-order valence-electron chi connectivity index (χ2n) is 9.50. The zero-order chi connectivity index (χ0) is 28.4. The lowest BCUT2D eigenvalue weighted by molar-refractivity contribution is 0.370. The molecule has 0 bridgehead atoms. The van der Waals surface area contributed by atoms with Crippen molar-refractivity contribution >= 4 is 44.2 Å². The van der Waals surface area contributed by atoms with Gasteiger partial charge in [0, 0.05) is 29.9 Å². The first-order valence-corrected chi connectivity index (χ1v) is 14.5. The SMILES string of the molecule is CN[C@H]1CC[C@H](Nc2ncc3cc(-c4c(F)ccc(NS(=O)(=O)c5cc(Cl)cnc5OC)c4F)ccc3n2)CC1. The average molecular weight is 589 g/mol. The Bertz CT molecular complexity index is 1670. The Morgan fingerprint density at radius 3 is 2.48 bits per heavy atom. The van der Waals surface area contributed by atoms with Gasteiger partial charge < -0.3 is 15.4 Å². The molecule has 3 N–H and O–H groups in total. The molecule has 210 valence electrons. The normalized spacial score (nSPS) is 17.5. The van der Waals surface area contributed by atoms with E-state index in [1.165, 1.54) is 19.4 Å². The monoisotopic (exact) mass is 588 g/mol. The Balaban J connectivity index is 1.42. The van der Waals surface area contributed by atoms with E-state index in [2.05, 4.69) is 30.3 Å². The van der Waals surface area contributed by atoms with Crippen LogP contribution in [0.4, 0.5) is 20.4 Å². The molecule has 0 amide bonds. The number of nitrogens with one attached hydrogen (secondary N) is 3. The minimum atomic E-state index is -4.38. The molecule has 1 saturated carbocycles. The summed E-state index contributed by atoms with van der Waals surface area (Å²) in [6.45, 7) is 0. The molecule has 0 unspecified atom stereocenters. The molecule has 0 aliphatic heterocycles. The van der Waals surface area contributed by atoms with Crippen LogP contribution in [0.15, 0.2) is 53.7 Å². The molecule has 2 aromatic heterocycles. The number of rotatable bonds is 8. The predicted molar refractivity (Wildman–Crippen MR) is 150 cm³/mol. The number of hydrogen-bond acceptors (Lipinski definition) is 8. The molecule has 2 aromatic carbocycles. The Morgan fingerprint density at radius 1 is 1.00 bits per heavy atom. The van der Waals surface area contributed by atoms with E-state index in [0.717, 1.165) is 43.9 Å². The number of hydrogen-bond donors (Lipinski definition) is 3. The van der Waals surface area contributed by atoms with Gasteiger partial charge in [-0.05, 0) is 68.6 Å². The topological polar surface area (TPSA) is 118 Å². The molecule has 0 saturated heterocycles. The van der Waals surface area contributed by atoms with E-state index >= 15 is 4.39 Å². The van der Waals surface area contributed by atoms with E-state index in [1.54, 1.807) is 18.3 Å². The molecule has 5 rings (SSSR count). The maximum atomic E-state index is 15.6. The van der Waals surface area contributed by atoms with Crippen molar-refractivity contribution in [1.29, 1.82) is 0 Å². The second kappa shape index (κ2) is 11.5. The molecule has 4 aromatic rings. The van der Waals surface area contributed by atoms with E-state index in [-0.39, 0.29) is 22.5 Å².